The minimum atomic E-state index is 0.545. The van der Waals surface area contributed by atoms with Crippen LogP contribution < -0.4 is 4.57 Å². The molecule has 0 aliphatic carbocycles. The molecular formula is C9H14N3O+. The van der Waals surface area contributed by atoms with Crippen LogP contribution in [0.3, 0.4) is 0 Å². The molecule has 0 radical (unpaired) electrons. The van der Waals surface area contributed by atoms with Crippen LogP contribution >= 0.6 is 0 Å². The van der Waals surface area contributed by atoms with Crippen molar-refractivity contribution in [3.05, 3.63) is 18.7 Å². The predicted molar refractivity (Wildman–Crippen MR) is 46.5 cm³/mol. The summed E-state index contributed by atoms with van der Waals surface area (Å²) in [4.78, 5) is 0. The molecular weight excluding hydrogens is 166 g/mol. The molecule has 0 spiro atoms. The van der Waals surface area contributed by atoms with Crippen LogP contribution in [0.4, 0.5) is 0 Å². The summed E-state index contributed by atoms with van der Waals surface area (Å²) in [7, 11) is 0. The highest BCUT2D eigenvalue weighted by molar-refractivity contribution is 4.72. The number of imidazole rings is 1. The third-order valence-corrected chi connectivity index (χ3v) is 1.67. The topological polar surface area (TPSA) is 41.8 Å². The van der Waals surface area contributed by atoms with Gasteiger partial charge in [0.25, 0.3) is 0 Å². The molecule has 0 unspecified atom stereocenters. The molecule has 4 nitrogen and oxygen atoms in total. The van der Waals surface area contributed by atoms with Gasteiger partial charge in [0.2, 0.25) is 6.33 Å². The van der Waals surface area contributed by atoms with Gasteiger partial charge in [0.05, 0.1) is 12.5 Å². The summed E-state index contributed by atoms with van der Waals surface area (Å²) in [5.74, 6) is 0. The third kappa shape index (κ3) is 3.26. The summed E-state index contributed by atoms with van der Waals surface area (Å²) in [6.45, 7) is 4.01. The summed E-state index contributed by atoms with van der Waals surface area (Å²) in [5.41, 5.74) is 0. The minimum absolute atomic E-state index is 0.545. The van der Waals surface area contributed by atoms with Crippen molar-refractivity contribution in [2.45, 2.75) is 26.6 Å². The molecule has 0 amide bonds. The fraction of sp³-hybridized carbons (Fsp3) is 0.556. The smallest absolute Gasteiger partial charge is 0.245 e. The normalized spacial score (nSPS) is 9.85. The first kappa shape index (κ1) is 9.75. The minimum Gasteiger partial charge on any atom is -0.342 e. The molecule has 4 heteroatoms. The van der Waals surface area contributed by atoms with E-state index in [-0.39, 0.29) is 0 Å². The van der Waals surface area contributed by atoms with Crippen molar-refractivity contribution in [3.8, 4) is 6.07 Å². The summed E-state index contributed by atoms with van der Waals surface area (Å²) >= 11 is 0. The number of nitriles is 1. The molecule has 0 N–H and O–H groups in total. The SMILES string of the molecule is CCOC[n+]1ccn(CCC#N)c1. The molecule has 0 fully saturated rings. The van der Waals surface area contributed by atoms with E-state index in [1.807, 2.05) is 34.8 Å². The average molecular weight is 180 g/mol. The van der Waals surface area contributed by atoms with Gasteiger partial charge < -0.3 is 4.74 Å². The van der Waals surface area contributed by atoms with Crippen molar-refractivity contribution in [1.29, 1.82) is 5.26 Å². The van der Waals surface area contributed by atoms with Crippen molar-refractivity contribution >= 4 is 0 Å². The Morgan fingerprint density at radius 2 is 2.46 bits per heavy atom. The largest absolute Gasteiger partial charge is 0.342 e. The van der Waals surface area contributed by atoms with E-state index < -0.39 is 0 Å². The van der Waals surface area contributed by atoms with Gasteiger partial charge in [-0.05, 0) is 6.92 Å². The number of hydrogen-bond donors (Lipinski definition) is 0. The van der Waals surface area contributed by atoms with Crippen molar-refractivity contribution in [2.24, 2.45) is 0 Å². The van der Waals surface area contributed by atoms with Crippen LogP contribution in [0.1, 0.15) is 13.3 Å². The zero-order chi connectivity index (χ0) is 9.52. The van der Waals surface area contributed by atoms with Gasteiger partial charge in [-0.25, -0.2) is 9.13 Å². The first-order valence-corrected chi connectivity index (χ1v) is 4.36. The highest BCUT2D eigenvalue weighted by Crippen LogP contribution is 1.88. The van der Waals surface area contributed by atoms with Crippen molar-refractivity contribution in [3.63, 3.8) is 0 Å². The standard InChI is InChI=1S/C9H14N3O/c1-2-13-9-12-7-6-11(8-12)5-3-4-10/h6-8H,2-3,5,9H2,1H3/q+1. The third-order valence-electron chi connectivity index (χ3n) is 1.67. The molecule has 0 saturated carbocycles. The second-order valence-corrected chi connectivity index (χ2v) is 2.70. The van der Waals surface area contributed by atoms with Crippen molar-refractivity contribution in [1.82, 2.24) is 4.57 Å². The lowest BCUT2D eigenvalue weighted by atomic mass is 10.5. The lowest BCUT2D eigenvalue weighted by Gasteiger charge is -1.94. The van der Waals surface area contributed by atoms with Gasteiger partial charge in [-0.2, -0.15) is 5.26 Å². The molecule has 70 valence electrons. The Labute approximate surface area is 78.0 Å². The lowest BCUT2D eigenvalue weighted by molar-refractivity contribution is -0.732. The maximum atomic E-state index is 8.38. The van der Waals surface area contributed by atoms with Crippen LogP contribution in [0.5, 0.6) is 0 Å². The average Bonchev–Trinajstić information content (AvgIpc) is 2.59. The van der Waals surface area contributed by atoms with E-state index in [1.54, 1.807) is 0 Å². The summed E-state index contributed by atoms with van der Waals surface area (Å²) in [5, 5.41) is 8.38. The Kier molecular flexibility index (Phi) is 4.00. The maximum absolute atomic E-state index is 8.38. The Balaban J connectivity index is 2.40. The summed E-state index contributed by atoms with van der Waals surface area (Å²) in [6.07, 6.45) is 6.36. The molecule has 1 aromatic heterocycles. The first-order chi connectivity index (χ1) is 6.36. The molecule has 0 atom stereocenters. The van der Waals surface area contributed by atoms with E-state index in [4.69, 9.17) is 10.00 Å². The van der Waals surface area contributed by atoms with Gasteiger partial charge in [-0.1, -0.05) is 0 Å². The first-order valence-electron chi connectivity index (χ1n) is 4.36. The molecule has 0 saturated heterocycles. The summed E-state index contributed by atoms with van der Waals surface area (Å²) < 4.78 is 9.14. The van der Waals surface area contributed by atoms with E-state index in [9.17, 15) is 0 Å². The van der Waals surface area contributed by atoms with Crippen LogP contribution in [-0.2, 0) is 18.0 Å². The van der Waals surface area contributed by atoms with Crippen molar-refractivity contribution in [2.75, 3.05) is 6.61 Å². The number of aryl methyl sites for hydroxylation is 1. The van der Waals surface area contributed by atoms with Gasteiger partial charge in [0, 0.05) is 6.61 Å². The lowest BCUT2D eigenvalue weighted by Crippen LogP contribution is -2.32. The summed E-state index contributed by atoms with van der Waals surface area (Å²) in [6, 6.07) is 2.11. The predicted octanol–water partition coefficient (Wildman–Crippen LogP) is 0.683. The molecule has 1 aromatic rings. The van der Waals surface area contributed by atoms with Gasteiger partial charge >= 0.3 is 0 Å². The molecule has 0 bridgehead atoms. The Morgan fingerprint density at radius 3 is 3.15 bits per heavy atom. The number of aromatic nitrogens is 2. The van der Waals surface area contributed by atoms with Gasteiger partial charge in [-0.15, -0.1) is 0 Å². The Bertz CT molecular complexity index is 287. The van der Waals surface area contributed by atoms with Crippen LogP contribution in [0, 0.1) is 11.3 Å². The molecule has 1 heterocycles. The molecule has 0 aliphatic rings. The van der Waals surface area contributed by atoms with Crippen LogP contribution in [0.15, 0.2) is 18.7 Å². The van der Waals surface area contributed by atoms with Gasteiger partial charge in [0.1, 0.15) is 18.9 Å². The molecule has 0 aromatic carbocycles. The fourth-order valence-electron chi connectivity index (χ4n) is 1.02. The van der Waals surface area contributed by atoms with E-state index in [0.29, 0.717) is 13.2 Å². The highest BCUT2D eigenvalue weighted by Gasteiger charge is 2.01. The quantitative estimate of drug-likeness (QED) is 0.625. The van der Waals surface area contributed by atoms with E-state index in [1.165, 1.54) is 0 Å². The zero-order valence-electron chi connectivity index (χ0n) is 7.81. The van der Waals surface area contributed by atoms with Crippen LogP contribution in [0.2, 0.25) is 0 Å². The Morgan fingerprint density at radius 1 is 1.62 bits per heavy atom. The number of hydrogen-bond acceptors (Lipinski definition) is 2. The maximum Gasteiger partial charge on any atom is 0.245 e. The second kappa shape index (κ2) is 5.33. The van der Waals surface area contributed by atoms with E-state index in [2.05, 4.69) is 6.07 Å². The molecule has 1 rings (SSSR count). The molecule has 0 aliphatic heterocycles. The monoisotopic (exact) mass is 180 g/mol. The fourth-order valence-corrected chi connectivity index (χ4v) is 1.02. The Hall–Kier alpha value is -1.34. The number of ether oxygens (including phenoxy) is 1. The number of nitrogens with zero attached hydrogens (tertiary/aromatic N) is 3. The highest BCUT2D eigenvalue weighted by atomic mass is 16.5. The van der Waals surface area contributed by atoms with Crippen molar-refractivity contribution < 1.29 is 9.30 Å². The second-order valence-electron chi connectivity index (χ2n) is 2.70. The number of rotatable bonds is 5. The van der Waals surface area contributed by atoms with Crippen LogP contribution in [0.25, 0.3) is 0 Å². The zero-order valence-corrected chi connectivity index (χ0v) is 7.81. The molecule has 13 heavy (non-hydrogen) atoms. The van der Waals surface area contributed by atoms with Gasteiger partial charge in [0.15, 0.2) is 6.73 Å². The van der Waals surface area contributed by atoms with E-state index in [0.717, 1.165) is 13.2 Å². The van der Waals surface area contributed by atoms with Crippen LogP contribution in [-0.4, -0.2) is 11.2 Å². The van der Waals surface area contributed by atoms with E-state index >= 15 is 0 Å². The van der Waals surface area contributed by atoms with Gasteiger partial charge in [-0.3, -0.25) is 0 Å².